The second kappa shape index (κ2) is 6.79. The van der Waals surface area contributed by atoms with Crippen LogP contribution >= 0.6 is 0 Å². The van der Waals surface area contributed by atoms with E-state index in [0.29, 0.717) is 6.42 Å². The molecule has 1 saturated carbocycles. The molecule has 4 rings (SSSR count). The van der Waals surface area contributed by atoms with Crippen molar-refractivity contribution >= 4 is 17.9 Å². The summed E-state index contributed by atoms with van der Waals surface area (Å²) in [5, 5.41) is 2.92. The Morgan fingerprint density at radius 3 is 2.18 bits per heavy atom. The second-order valence-electron chi connectivity index (χ2n) is 8.24. The van der Waals surface area contributed by atoms with Crippen LogP contribution in [0.25, 0.3) is 0 Å². The van der Waals surface area contributed by atoms with Crippen LogP contribution in [0.5, 0.6) is 0 Å². The summed E-state index contributed by atoms with van der Waals surface area (Å²) in [6, 6.07) is 7.71. The number of aliphatic imine (C=N–C) groups is 1. The monoisotopic (exact) mass is 385 g/mol. The fraction of sp³-hybridized carbons (Fsp3) is 0.571. The third kappa shape index (κ3) is 2.84. The molecule has 2 aliphatic heterocycles. The minimum Gasteiger partial charge on any atom is -0.445 e. The standard InChI is InChI=1S/C21H27N3O4/c1-11(2)27-20(25)23-16-10-17(24(23)21(26)28-12(3)4)19-18(16)15-9-7-6-8-14(15)13(5)22-19/h6-9,11-12,16-19H,10H2,1-5H3/t16-,17+,18+,19-/m0/s1. The van der Waals surface area contributed by atoms with Gasteiger partial charge in [-0.3, -0.25) is 4.99 Å². The minimum atomic E-state index is -0.520. The summed E-state index contributed by atoms with van der Waals surface area (Å²) in [5.41, 5.74) is 3.27. The van der Waals surface area contributed by atoms with Crippen LogP contribution in [0, 0.1) is 0 Å². The molecular weight excluding hydrogens is 358 g/mol. The van der Waals surface area contributed by atoms with Crippen LogP contribution in [0.4, 0.5) is 9.59 Å². The number of ether oxygens (including phenoxy) is 2. The van der Waals surface area contributed by atoms with Gasteiger partial charge in [0.25, 0.3) is 0 Å². The van der Waals surface area contributed by atoms with Crippen molar-refractivity contribution in [2.24, 2.45) is 4.99 Å². The lowest BCUT2D eigenvalue weighted by Gasteiger charge is -2.45. The SMILES string of the molecule is CC1=N[C@@H]2[C@H](c3ccccc31)[C@@H]1C[C@H]2N(C(=O)OC(C)C)N1C(=O)OC(C)C. The molecule has 0 spiro atoms. The molecule has 1 aromatic carbocycles. The van der Waals surface area contributed by atoms with Gasteiger partial charge in [0.1, 0.15) is 0 Å². The first-order chi connectivity index (χ1) is 13.3. The highest BCUT2D eigenvalue weighted by atomic mass is 16.6. The van der Waals surface area contributed by atoms with Crippen molar-refractivity contribution < 1.29 is 19.1 Å². The van der Waals surface area contributed by atoms with Gasteiger partial charge in [-0.25, -0.2) is 19.6 Å². The van der Waals surface area contributed by atoms with Crippen molar-refractivity contribution in [3.05, 3.63) is 35.4 Å². The molecule has 1 saturated heterocycles. The summed E-state index contributed by atoms with van der Waals surface area (Å²) in [7, 11) is 0. The normalized spacial score (nSPS) is 27.6. The van der Waals surface area contributed by atoms with Crippen molar-refractivity contribution in [2.45, 2.75) is 77.3 Å². The van der Waals surface area contributed by atoms with E-state index in [1.807, 2.05) is 19.1 Å². The largest absolute Gasteiger partial charge is 0.445 e. The summed E-state index contributed by atoms with van der Waals surface area (Å²) in [5.74, 6) is 0.0488. The number of hydrogen-bond donors (Lipinski definition) is 0. The van der Waals surface area contributed by atoms with Gasteiger partial charge in [-0.1, -0.05) is 24.3 Å². The van der Waals surface area contributed by atoms with Crippen molar-refractivity contribution in [1.82, 2.24) is 10.0 Å². The molecule has 7 nitrogen and oxygen atoms in total. The lowest BCUT2D eigenvalue weighted by atomic mass is 9.82. The van der Waals surface area contributed by atoms with Crippen LogP contribution in [-0.2, 0) is 9.47 Å². The number of fused-ring (bicyclic) bond motifs is 7. The Labute approximate surface area is 165 Å². The molecule has 0 aromatic heterocycles. The Morgan fingerprint density at radius 2 is 1.57 bits per heavy atom. The Hall–Kier alpha value is -2.57. The van der Waals surface area contributed by atoms with Crippen molar-refractivity contribution in [1.29, 1.82) is 0 Å². The molecule has 150 valence electrons. The fourth-order valence-corrected chi connectivity index (χ4v) is 4.74. The van der Waals surface area contributed by atoms with Gasteiger partial charge in [0.2, 0.25) is 0 Å². The lowest BCUT2D eigenvalue weighted by molar-refractivity contribution is -0.0609. The molecule has 2 amide bonds. The van der Waals surface area contributed by atoms with Gasteiger partial charge in [-0.05, 0) is 52.2 Å². The summed E-state index contributed by atoms with van der Waals surface area (Å²) >= 11 is 0. The van der Waals surface area contributed by atoms with Gasteiger partial charge in [-0.2, -0.15) is 0 Å². The van der Waals surface area contributed by atoms with Crippen LogP contribution in [0.15, 0.2) is 29.3 Å². The third-order valence-corrected chi connectivity index (χ3v) is 5.62. The third-order valence-electron chi connectivity index (χ3n) is 5.62. The van der Waals surface area contributed by atoms with Gasteiger partial charge in [0.05, 0.1) is 30.3 Å². The van der Waals surface area contributed by atoms with E-state index in [4.69, 9.17) is 14.5 Å². The number of hydrogen-bond acceptors (Lipinski definition) is 5. The Bertz CT molecular complexity index is 835. The highest BCUT2D eigenvalue weighted by Crippen LogP contribution is 2.51. The van der Waals surface area contributed by atoms with Crippen LogP contribution in [-0.4, -0.2) is 58.2 Å². The molecule has 1 aromatic rings. The predicted molar refractivity (Wildman–Crippen MR) is 104 cm³/mol. The number of rotatable bonds is 2. The number of carbonyl (C=O) groups excluding carboxylic acids is 2. The maximum atomic E-state index is 12.9. The molecule has 0 radical (unpaired) electrons. The average molecular weight is 385 g/mol. The van der Waals surface area contributed by atoms with Crippen molar-refractivity contribution in [3.63, 3.8) is 0 Å². The zero-order valence-corrected chi connectivity index (χ0v) is 17.0. The minimum absolute atomic E-state index is 0.0488. The van der Waals surface area contributed by atoms with Gasteiger partial charge in [0.15, 0.2) is 0 Å². The highest BCUT2D eigenvalue weighted by molar-refractivity contribution is 6.01. The Morgan fingerprint density at radius 1 is 1.00 bits per heavy atom. The van der Waals surface area contributed by atoms with Gasteiger partial charge < -0.3 is 9.47 Å². The Balaban J connectivity index is 1.74. The smallest absolute Gasteiger partial charge is 0.429 e. The van der Waals surface area contributed by atoms with Gasteiger partial charge >= 0.3 is 12.2 Å². The van der Waals surface area contributed by atoms with Crippen molar-refractivity contribution in [2.75, 3.05) is 0 Å². The molecular formula is C21H27N3O4. The second-order valence-corrected chi connectivity index (χ2v) is 8.24. The average Bonchev–Trinajstić information content (AvgIpc) is 3.17. The number of carbonyl (C=O) groups is 2. The summed E-state index contributed by atoms with van der Waals surface area (Å²) < 4.78 is 10.9. The van der Waals surface area contributed by atoms with E-state index < -0.39 is 12.2 Å². The topological polar surface area (TPSA) is 71.4 Å². The van der Waals surface area contributed by atoms with Crippen LogP contribution < -0.4 is 0 Å². The maximum absolute atomic E-state index is 12.9. The molecule has 3 aliphatic rings. The van der Waals surface area contributed by atoms with Crippen LogP contribution in [0.2, 0.25) is 0 Å². The van der Waals surface area contributed by atoms with E-state index in [2.05, 4.69) is 12.1 Å². The predicted octanol–water partition coefficient (Wildman–Crippen LogP) is 3.72. The van der Waals surface area contributed by atoms with Gasteiger partial charge in [-0.15, -0.1) is 0 Å². The molecule has 4 atom stereocenters. The van der Waals surface area contributed by atoms with E-state index in [1.54, 1.807) is 27.7 Å². The Kier molecular flexibility index (Phi) is 4.56. The zero-order valence-electron chi connectivity index (χ0n) is 17.0. The molecule has 7 heteroatoms. The van der Waals surface area contributed by atoms with E-state index in [9.17, 15) is 9.59 Å². The first-order valence-electron chi connectivity index (χ1n) is 9.93. The maximum Gasteiger partial charge on any atom is 0.429 e. The number of nitrogens with zero attached hydrogens (tertiary/aromatic N) is 3. The molecule has 28 heavy (non-hydrogen) atoms. The van der Waals surface area contributed by atoms with E-state index in [0.717, 1.165) is 11.3 Å². The van der Waals surface area contributed by atoms with E-state index in [1.165, 1.54) is 15.6 Å². The van der Waals surface area contributed by atoms with E-state index >= 15 is 0 Å². The number of hydrazine groups is 1. The van der Waals surface area contributed by atoms with Crippen molar-refractivity contribution in [3.8, 4) is 0 Å². The molecule has 0 N–H and O–H groups in total. The summed E-state index contributed by atoms with van der Waals surface area (Å²) in [6.07, 6.45) is -0.910. The zero-order chi connectivity index (χ0) is 20.2. The fourth-order valence-electron chi connectivity index (χ4n) is 4.74. The molecule has 2 fully saturated rings. The summed E-state index contributed by atoms with van der Waals surface area (Å²) in [4.78, 5) is 30.7. The molecule has 2 bridgehead atoms. The number of benzene rings is 1. The summed E-state index contributed by atoms with van der Waals surface area (Å²) in [6.45, 7) is 9.20. The van der Waals surface area contributed by atoms with E-state index in [-0.39, 0.29) is 36.3 Å². The van der Waals surface area contributed by atoms with Gasteiger partial charge in [0, 0.05) is 11.6 Å². The highest BCUT2D eigenvalue weighted by Gasteiger charge is 2.62. The lowest BCUT2D eigenvalue weighted by Crippen LogP contribution is -2.60. The van der Waals surface area contributed by atoms with Crippen LogP contribution in [0.1, 0.15) is 58.1 Å². The first kappa shape index (κ1) is 18.8. The first-order valence-corrected chi connectivity index (χ1v) is 9.93. The number of amides is 2. The molecule has 2 heterocycles. The van der Waals surface area contributed by atoms with Crippen LogP contribution in [0.3, 0.4) is 0 Å². The molecule has 0 unspecified atom stereocenters. The quantitative estimate of drug-likeness (QED) is 0.778. The molecule has 1 aliphatic carbocycles.